The van der Waals surface area contributed by atoms with Crippen LogP contribution in [0, 0.1) is 6.92 Å². The molecular formula is C16H21N3S. The molecule has 0 saturated heterocycles. The lowest BCUT2D eigenvalue weighted by molar-refractivity contribution is 0.464. The topological polar surface area (TPSA) is 43.8 Å². The average Bonchev–Trinajstić information content (AvgIpc) is 3.09. The molecule has 1 aromatic heterocycles. The van der Waals surface area contributed by atoms with Crippen molar-refractivity contribution in [2.75, 3.05) is 5.73 Å². The van der Waals surface area contributed by atoms with E-state index in [-0.39, 0.29) is 0 Å². The molecule has 0 bridgehead atoms. The van der Waals surface area contributed by atoms with E-state index < -0.39 is 0 Å². The molecule has 0 atom stereocenters. The Morgan fingerprint density at radius 3 is 2.90 bits per heavy atom. The van der Waals surface area contributed by atoms with Gasteiger partial charge in [-0.1, -0.05) is 18.9 Å². The van der Waals surface area contributed by atoms with Crippen molar-refractivity contribution in [2.45, 2.75) is 49.3 Å². The second-order valence-corrected chi connectivity index (χ2v) is 6.57. The molecule has 1 heterocycles. The first kappa shape index (κ1) is 13.6. The quantitative estimate of drug-likeness (QED) is 0.677. The molecule has 0 radical (unpaired) electrons. The van der Waals surface area contributed by atoms with Crippen LogP contribution in [0.15, 0.2) is 35.4 Å². The predicted octanol–water partition coefficient (Wildman–Crippen LogP) is 4.18. The number of nitrogen functional groups attached to an aromatic ring is 1. The molecule has 2 aromatic rings. The number of aromatic nitrogens is 2. The van der Waals surface area contributed by atoms with Gasteiger partial charge in [0.15, 0.2) is 0 Å². The van der Waals surface area contributed by atoms with Crippen LogP contribution in [-0.4, -0.2) is 9.78 Å². The van der Waals surface area contributed by atoms with E-state index in [9.17, 15) is 0 Å². The minimum atomic E-state index is 0.623. The number of nitrogens with zero attached hydrogens (tertiary/aromatic N) is 2. The molecule has 106 valence electrons. The highest BCUT2D eigenvalue weighted by Crippen LogP contribution is 2.31. The molecule has 4 heteroatoms. The third-order valence-corrected chi connectivity index (χ3v) is 5.01. The molecule has 3 nitrogen and oxygen atoms in total. The average molecular weight is 287 g/mol. The normalized spacial score (nSPS) is 15.8. The van der Waals surface area contributed by atoms with E-state index in [0.717, 1.165) is 22.0 Å². The second-order valence-electron chi connectivity index (χ2n) is 5.56. The SMILES string of the molecule is Cc1ccc(N)c(SCc2ccn(C3CCCC3)n2)c1. The maximum atomic E-state index is 6.01. The highest BCUT2D eigenvalue weighted by Gasteiger charge is 2.17. The van der Waals surface area contributed by atoms with E-state index in [1.807, 2.05) is 12.1 Å². The predicted molar refractivity (Wildman–Crippen MR) is 84.9 cm³/mol. The van der Waals surface area contributed by atoms with Gasteiger partial charge in [0.05, 0.1) is 11.7 Å². The first-order valence-electron chi connectivity index (χ1n) is 7.25. The molecule has 0 spiro atoms. The number of nitrogens with two attached hydrogens (primary N) is 1. The minimum Gasteiger partial charge on any atom is -0.398 e. The summed E-state index contributed by atoms with van der Waals surface area (Å²) in [5.41, 5.74) is 9.26. The molecule has 1 aromatic carbocycles. The number of anilines is 1. The van der Waals surface area contributed by atoms with Gasteiger partial charge in [-0.2, -0.15) is 5.10 Å². The van der Waals surface area contributed by atoms with E-state index in [2.05, 4.69) is 29.9 Å². The minimum absolute atomic E-state index is 0.623. The molecule has 1 saturated carbocycles. The summed E-state index contributed by atoms with van der Waals surface area (Å²) in [6, 6.07) is 8.94. The van der Waals surface area contributed by atoms with Gasteiger partial charge >= 0.3 is 0 Å². The Kier molecular flexibility index (Phi) is 4.01. The highest BCUT2D eigenvalue weighted by molar-refractivity contribution is 7.98. The maximum Gasteiger partial charge on any atom is 0.0727 e. The summed E-state index contributed by atoms with van der Waals surface area (Å²) in [7, 11) is 0. The van der Waals surface area contributed by atoms with E-state index in [1.54, 1.807) is 11.8 Å². The van der Waals surface area contributed by atoms with Crippen LogP contribution >= 0.6 is 11.8 Å². The Morgan fingerprint density at radius 1 is 1.30 bits per heavy atom. The van der Waals surface area contributed by atoms with Crippen molar-refractivity contribution in [3.63, 3.8) is 0 Å². The summed E-state index contributed by atoms with van der Waals surface area (Å²) in [5, 5.41) is 4.71. The van der Waals surface area contributed by atoms with E-state index in [0.29, 0.717) is 6.04 Å². The molecule has 0 unspecified atom stereocenters. The fraction of sp³-hybridized carbons (Fsp3) is 0.438. The van der Waals surface area contributed by atoms with Crippen LogP contribution in [0.3, 0.4) is 0 Å². The monoisotopic (exact) mass is 287 g/mol. The van der Waals surface area contributed by atoms with Gasteiger partial charge in [-0.25, -0.2) is 0 Å². The Balaban J connectivity index is 1.64. The molecule has 1 fully saturated rings. The van der Waals surface area contributed by atoms with E-state index in [4.69, 9.17) is 10.8 Å². The Bertz CT molecular complexity index is 585. The molecule has 20 heavy (non-hydrogen) atoms. The van der Waals surface area contributed by atoms with E-state index in [1.165, 1.54) is 31.2 Å². The summed E-state index contributed by atoms with van der Waals surface area (Å²) in [5.74, 6) is 0.882. The molecule has 1 aliphatic rings. The van der Waals surface area contributed by atoms with Crippen LogP contribution in [0.25, 0.3) is 0 Å². The van der Waals surface area contributed by atoms with Gasteiger partial charge in [0.25, 0.3) is 0 Å². The maximum absolute atomic E-state index is 6.01. The zero-order valence-corrected chi connectivity index (χ0v) is 12.7. The lowest BCUT2D eigenvalue weighted by Crippen LogP contribution is -2.05. The highest BCUT2D eigenvalue weighted by atomic mass is 32.2. The zero-order chi connectivity index (χ0) is 13.9. The van der Waals surface area contributed by atoms with Crippen LogP contribution in [0.5, 0.6) is 0 Å². The molecule has 3 rings (SSSR count). The van der Waals surface area contributed by atoms with Gasteiger partial charge in [0, 0.05) is 22.5 Å². The number of hydrogen-bond donors (Lipinski definition) is 1. The third kappa shape index (κ3) is 3.01. The number of rotatable bonds is 4. The first-order chi connectivity index (χ1) is 9.72. The van der Waals surface area contributed by atoms with Crippen molar-refractivity contribution < 1.29 is 0 Å². The number of benzene rings is 1. The van der Waals surface area contributed by atoms with Gasteiger partial charge in [0.1, 0.15) is 0 Å². The molecule has 2 N–H and O–H groups in total. The molecular weight excluding hydrogens is 266 g/mol. The fourth-order valence-corrected chi connectivity index (χ4v) is 3.71. The first-order valence-corrected chi connectivity index (χ1v) is 8.24. The van der Waals surface area contributed by atoms with Crippen molar-refractivity contribution in [2.24, 2.45) is 0 Å². The number of hydrogen-bond acceptors (Lipinski definition) is 3. The third-order valence-electron chi connectivity index (χ3n) is 3.91. The van der Waals surface area contributed by atoms with Gasteiger partial charge < -0.3 is 5.73 Å². The van der Waals surface area contributed by atoms with Gasteiger partial charge in [0.2, 0.25) is 0 Å². The largest absolute Gasteiger partial charge is 0.398 e. The number of thioether (sulfide) groups is 1. The zero-order valence-electron chi connectivity index (χ0n) is 11.9. The van der Waals surface area contributed by atoms with Crippen molar-refractivity contribution >= 4 is 17.4 Å². The number of aryl methyl sites for hydroxylation is 1. The second kappa shape index (κ2) is 5.92. The van der Waals surface area contributed by atoms with Crippen LogP contribution < -0.4 is 5.73 Å². The Labute approximate surface area is 124 Å². The van der Waals surface area contributed by atoms with Crippen LogP contribution in [0.2, 0.25) is 0 Å². The smallest absolute Gasteiger partial charge is 0.0727 e. The van der Waals surface area contributed by atoms with Gasteiger partial charge in [-0.05, 0) is 43.5 Å². The summed E-state index contributed by atoms with van der Waals surface area (Å²) in [6.45, 7) is 2.10. The summed E-state index contributed by atoms with van der Waals surface area (Å²) in [4.78, 5) is 1.15. The van der Waals surface area contributed by atoms with Crippen molar-refractivity contribution in [1.82, 2.24) is 9.78 Å². The lowest BCUT2D eigenvalue weighted by atomic mass is 10.2. The summed E-state index contributed by atoms with van der Waals surface area (Å²) in [6.07, 6.45) is 7.37. The van der Waals surface area contributed by atoms with Crippen molar-refractivity contribution in [3.8, 4) is 0 Å². The van der Waals surface area contributed by atoms with Crippen LogP contribution in [0.1, 0.15) is 43.0 Å². The lowest BCUT2D eigenvalue weighted by Gasteiger charge is -2.09. The molecule has 0 aliphatic heterocycles. The standard InChI is InChI=1S/C16H21N3S/c1-12-6-7-15(17)16(10-12)20-11-13-8-9-19(18-13)14-4-2-3-5-14/h6-10,14H,2-5,11,17H2,1H3. The Morgan fingerprint density at radius 2 is 2.10 bits per heavy atom. The Hall–Kier alpha value is -1.42. The van der Waals surface area contributed by atoms with Gasteiger partial charge in [-0.3, -0.25) is 4.68 Å². The summed E-state index contributed by atoms with van der Waals surface area (Å²) < 4.78 is 2.16. The van der Waals surface area contributed by atoms with Crippen molar-refractivity contribution in [1.29, 1.82) is 0 Å². The molecule has 0 amide bonds. The van der Waals surface area contributed by atoms with E-state index >= 15 is 0 Å². The van der Waals surface area contributed by atoms with Gasteiger partial charge in [-0.15, -0.1) is 11.8 Å². The van der Waals surface area contributed by atoms with Crippen LogP contribution in [0.4, 0.5) is 5.69 Å². The van der Waals surface area contributed by atoms with Crippen LogP contribution in [-0.2, 0) is 5.75 Å². The fourth-order valence-electron chi connectivity index (χ4n) is 2.74. The molecule has 1 aliphatic carbocycles. The summed E-state index contributed by atoms with van der Waals surface area (Å²) >= 11 is 1.77. The van der Waals surface area contributed by atoms with Crippen molar-refractivity contribution in [3.05, 3.63) is 41.7 Å².